The number of hydrogen-bond acceptors (Lipinski definition) is 3. The molecule has 0 bridgehead atoms. The Morgan fingerprint density at radius 2 is 1.86 bits per heavy atom. The smallest absolute Gasteiger partial charge is 0.319 e. The van der Waals surface area contributed by atoms with Crippen LogP contribution in [0, 0.1) is 17.2 Å². The van der Waals surface area contributed by atoms with Gasteiger partial charge >= 0.3 is 6.03 Å². The predicted octanol–water partition coefficient (Wildman–Crippen LogP) is 2.72. The normalized spacial score (nSPS) is 27.9. The molecule has 2 heterocycles. The van der Waals surface area contributed by atoms with E-state index in [2.05, 4.69) is 16.0 Å². The van der Waals surface area contributed by atoms with Crippen LogP contribution in [0.15, 0.2) is 24.3 Å². The highest BCUT2D eigenvalue weighted by atomic mass is 19.1. The maximum Gasteiger partial charge on any atom is 0.319 e. The first kappa shape index (κ1) is 19.2. The number of carbonyl (C=O) groups excluding carboxylic acids is 2. The van der Waals surface area contributed by atoms with Crippen molar-refractivity contribution >= 4 is 17.6 Å². The van der Waals surface area contributed by atoms with Crippen LogP contribution in [0.3, 0.4) is 0 Å². The lowest BCUT2D eigenvalue weighted by molar-refractivity contribution is -0.146. The van der Waals surface area contributed by atoms with Gasteiger partial charge < -0.3 is 20.9 Å². The molecule has 3 fully saturated rings. The van der Waals surface area contributed by atoms with Crippen LogP contribution in [0.2, 0.25) is 0 Å². The molecule has 1 saturated carbocycles. The van der Waals surface area contributed by atoms with Crippen LogP contribution in [0.25, 0.3) is 0 Å². The van der Waals surface area contributed by atoms with Gasteiger partial charge in [0.05, 0.1) is 5.41 Å². The van der Waals surface area contributed by atoms with Crippen molar-refractivity contribution in [3.8, 4) is 0 Å². The molecule has 3 N–H and O–H groups in total. The molecule has 4 rings (SSSR count). The Hall–Kier alpha value is -2.15. The average Bonchev–Trinajstić information content (AvgIpc) is 3.15. The molecule has 0 aromatic heterocycles. The summed E-state index contributed by atoms with van der Waals surface area (Å²) in [6.45, 7) is 3.16. The summed E-state index contributed by atoms with van der Waals surface area (Å²) < 4.78 is 12.9. The Kier molecular flexibility index (Phi) is 5.53. The van der Waals surface area contributed by atoms with Crippen LogP contribution in [-0.4, -0.2) is 49.1 Å². The number of anilines is 1. The van der Waals surface area contributed by atoms with E-state index in [1.807, 2.05) is 4.90 Å². The van der Waals surface area contributed by atoms with Gasteiger partial charge in [-0.25, -0.2) is 9.18 Å². The summed E-state index contributed by atoms with van der Waals surface area (Å²) in [6.07, 6.45) is 6.05. The second-order valence-corrected chi connectivity index (χ2v) is 8.40. The third kappa shape index (κ3) is 3.85. The Morgan fingerprint density at radius 1 is 1.11 bits per heavy atom. The summed E-state index contributed by atoms with van der Waals surface area (Å²) in [6, 6.07) is 5.45. The van der Waals surface area contributed by atoms with E-state index in [0.29, 0.717) is 30.6 Å². The van der Waals surface area contributed by atoms with Crippen molar-refractivity contribution in [2.75, 3.05) is 31.5 Å². The molecular formula is C21H29FN4O2. The number of hydrogen-bond donors (Lipinski definition) is 3. The fraction of sp³-hybridized carbons (Fsp3) is 0.619. The van der Waals surface area contributed by atoms with Crippen LogP contribution in [0.1, 0.15) is 38.5 Å². The Balaban J connectivity index is 1.28. The number of halogens is 1. The average molecular weight is 388 g/mol. The van der Waals surface area contributed by atoms with Crippen molar-refractivity contribution < 1.29 is 14.0 Å². The van der Waals surface area contributed by atoms with Crippen molar-refractivity contribution in [2.45, 2.75) is 44.6 Å². The number of urea groups is 1. The van der Waals surface area contributed by atoms with E-state index in [-0.39, 0.29) is 23.3 Å². The van der Waals surface area contributed by atoms with Gasteiger partial charge in [0.25, 0.3) is 0 Å². The Bertz CT molecular complexity index is 718. The molecule has 1 aromatic rings. The SMILES string of the molecule is O=C(Nc1ccc(F)cc1)NC1CCN(C(=O)[C@@]23CCCC[C@H]2CNC3)CC1. The summed E-state index contributed by atoms with van der Waals surface area (Å²) in [5, 5.41) is 9.15. The Morgan fingerprint density at radius 3 is 2.61 bits per heavy atom. The van der Waals surface area contributed by atoms with Gasteiger partial charge in [-0.2, -0.15) is 0 Å². The second-order valence-electron chi connectivity index (χ2n) is 8.40. The molecule has 0 radical (unpaired) electrons. The highest BCUT2D eigenvalue weighted by Gasteiger charge is 2.51. The van der Waals surface area contributed by atoms with Crippen molar-refractivity contribution in [3.63, 3.8) is 0 Å². The number of rotatable bonds is 3. The summed E-state index contributed by atoms with van der Waals surface area (Å²) in [7, 11) is 0. The third-order valence-electron chi connectivity index (χ3n) is 6.68. The van der Waals surface area contributed by atoms with Crippen molar-refractivity contribution in [2.24, 2.45) is 11.3 Å². The highest BCUT2D eigenvalue weighted by Crippen LogP contribution is 2.45. The molecule has 6 nitrogen and oxygen atoms in total. The summed E-state index contributed by atoms with van der Waals surface area (Å²) in [4.78, 5) is 27.5. The number of amides is 3. The fourth-order valence-electron chi connectivity index (χ4n) is 5.10. The van der Waals surface area contributed by atoms with Gasteiger partial charge in [-0.3, -0.25) is 4.79 Å². The van der Waals surface area contributed by atoms with Gasteiger partial charge in [-0.05, 0) is 62.4 Å². The molecule has 1 aromatic carbocycles. The number of fused-ring (bicyclic) bond motifs is 1. The van der Waals surface area contributed by atoms with E-state index in [4.69, 9.17) is 0 Å². The molecule has 3 aliphatic rings. The topological polar surface area (TPSA) is 73.5 Å². The van der Waals surface area contributed by atoms with E-state index < -0.39 is 0 Å². The second kappa shape index (κ2) is 8.07. The van der Waals surface area contributed by atoms with Gasteiger partial charge in [0, 0.05) is 31.4 Å². The molecule has 28 heavy (non-hydrogen) atoms. The number of nitrogens with one attached hydrogen (secondary N) is 3. The molecule has 2 atom stereocenters. The summed E-state index contributed by atoms with van der Waals surface area (Å²) in [5.74, 6) is 0.461. The molecular weight excluding hydrogens is 359 g/mol. The van der Waals surface area contributed by atoms with E-state index in [1.54, 1.807) is 0 Å². The number of benzene rings is 1. The van der Waals surface area contributed by atoms with Gasteiger partial charge in [-0.1, -0.05) is 12.8 Å². The van der Waals surface area contributed by atoms with Crippen LogP contribution >= 0.6 is 0 Å². The molecule has 1 aliphatic carbocycles. The lowest BCUT2D eigenvalue weighted by Gasteiger charge is -2.43. The highest BCUT2D eigenvalue weighted by molar-refractivity contribution is 5.89. The Labute approximate surface area is 165 Å². The molecule has 3 amide bonds. The minimum atomic E-state index is -0.333. The maximum absolute atomic E-state index is 13.3. The van der Waals surface area contributed by atoms with Crippen LogP contribution in [0.4, 0.5) is 14.9 Å². The van der Waals surface area contributed by atoms with Crippen LogP contribution in [-0.2, 0) is 4.79 Å². The molecule has 2 aliphatic heterocycles. The lowest BCUT2D eigenvalue weighted by Crippen LogP contribution is -2.54. The van der Waals surface area contributed by atoms with Crippen LogP contribution in [0.5, 0.6) is 0 Å². The maximum atomic E-state index is 13.3. The monoisotopic (exact) mass is 388 g/mol. The number of likely N-dealkylation sites (tertiary alicyclic amines) is 1. The molecule has 7 heteroatoms. The van der Waals surface area contributed by atoms with Gasteiger partial charge in [0.2, 0.25) is 5.91 Å². The van der Waals surface area contributed by atoms with Gasteiger partial charge in [0.15, 0.2) is 0 Å². The van der Waals surface area contributed by atoms with Crippen molar-refractivity contribution in [3.05, 3.63) is 30.1 Å². The van der Waals surface area contributed by atoms with E-state index >= 15 is 0 Å². The first-order valence-corrected chi connectivity index (χ1v) is 10.4. The molecule has 2 saturated heterocycles. The van der Waals surface area contributed by atoms with E-state index in [0.717, 1.165) is 45.2 Å². The number of piperidine rings is 1. The zero-order chi connectivity index (χ0) is 19.6. The third-order valence-corrected chi connectivity index (χ3v) is 6.68. The predicted molar refractivity (Wildman–Crippen MR) is 105 cm³/mol. The zero-order valence-corrected chi connectivity index (χ0v) is 16.2. The van der Waals surface area contributed by atoms with Crippen molar-refractivity contribution in [1.29, 1.82) is 0 Å². The van der Waals surface area contributed by atoms with E-state index in [1.165, 1.54) is 30.7 Å². The summed E-state index contributed by atoms with van der Waals surface area (Å²) >= 11 is 0. The number of carbonyl (C=O) groups is 2. The first-order valence-electron chi connectivity index (χ1n) is 10.4. The van der Waals surface area contributed by atoms with Crippen LogP contribution < -0.4 is 16.0 Å². The largest absolute Gasteiger partial charge is 0.342 e. The van der Waals surface area contributed by atoms with E-state index in [9.17, 15) is 14.0 Å². The fourth-order valence-corrected chi connectivity index (χ4v) is 5.10. The minimum absolute atomic E-state index is 0.0471. The van der Waals surface area contributed by atoms with Gasteiger partial charge in [-0.15, -0.1) is 0 Å². The zero-order valence-electron chi connectivity index (χ0n) is 16.2. The first-order chi connectivity index (χ1) is 13.6. The number of nitrogens with zero attached hydrogens (tertiary/aromatic N) is 1. The molecule has 0 spiro atoms. The van der Waals surface area contributed by atoms with Crippen molar-refractivity contribution in [1.82, 2.24) is 15.5 Å². The standard InChI is InChI=1S/C21H29FN4O2/c22-16-4-6-17(7-5-16)24-20(28)25-18-8-11-26(12-9-18)19(27)21-10-2-1-3-15(21)13-23-14-21/h4-7,15,18,23H,1-3,8-14H2,(H2,24,25,28)/t15-,21+/m0/s1. The minimum Gasteiger partial charge on any atom is -0.342 e. The van der Waals surface area contributed by atoms with Gasteiger partial charge in [0.1, 0.15) is 5.82 Å². The molecule has 0 unspecified atom stereocenters. The summed E-state index contributed by atoms with van der Waals surface area (Å²) in [5.41, 5.74) is 0.362. The molecule has 152 valence electrons. The quantitative estimate of drug-likeness (QED) is 0.745. The lowest BCUT2D eigenvalue weighted by atomic mass is 9.67.